The molecule has 0 N–H and O–H groups in total. The first-order valence-electron chi connectivity index (χ1n) is 11.3. The maximum Gasteiger partial charge on any atom is 0.245 e. The van der Waals surface area contributed by atoms with E-state index in [0.29, 0.717) is 29.4 Å². The molecular formula is C25H30ClN3O3S. The zero-order valence-electron chi connectivity index (χ0n) is 18.8. The summed E-state index contributed by atoms with van der Waals surface area (Å²) in [6.45, 7) is 4.16. The lowest BCUT2D eigenvalue weighted by atomic mass is 9.94. The fourth-order valence-electron chi connectivity index (χ4n) is 4.99. The van der Waals surface area contributed by atoms with Crippen LogP contribution in [0.3, 0.4) is 0 Å². The van der Waals surface area contributed by atoms with Gasteiger partial charge in [0.05, 0.1) is 12.6 Å². The number of nitrogens with zero attached hydrogens (tertiary/aromatic N) is 3. The SMILES string of the molecule is COc1ccc2c(c1)CCN(CC1CCN(S(=O)(=O)c3cccc4cccnc34)CC1)C2.Cl. The van der Waals surface area contributed by atoms with E-state index >= 15 is 0 Å². The molecule has 0 bridgehead atoms. The van der Waals surface area contributed by atoms with Crippen molar-refractivity contribution in [3.63, 3.8) is 0 Å². The first-order chi connectivity index (χ1) is 15.5. The van der Waals surface area contributed by atoms with Crippen LogP contribution in [0.2, 0.25) is 0 Å². The highest BCUT2D eigenvalue weighted by Gasteiger charge is 2.32. The minimum Gasteiger partial charge on any atom is -0.497 e. The van der Waals surface area contributed by atoms with Gasteiger partial charge in [0.1, 0.15) is 10.6 Å². The van der Waals surface area contributed by atoms with Crippen LogP contribution in [0.15, 0.2) is 59.6 Å². The van der Waals surface area contributed by atoms with Crippen LogP contribution in [-0.2, 0) is 23.0 Å². The van der Waals surface area contributed by atoms with Gasteiger partial charge in [0, 0.05) is 44.3 Å². The number of methoxy groups -OCH3 is 1. The second-order valence-electron chi connectivity index (χ2n) is 8.80. The van der Waals surface area contributed by atoms with E-state index in [-0.39, 0.29) is 12.4 Å². The number of halogens is 1. The Morgan fingerprint density at radius 3 is 2.61 bits per heavy atom. The number of pyridine rings is 1. The number of hydrogen-bond acceptors (Lipinski definition) is 5. The molecule has 1 aromatic heterocycles. The van der Waals surface area contributed by atoms with E-state index in [9.17, 15) is 8.42 Å². The number of fused-ring (bicyclic) bond motifs is 2. The Morgan fingerprint density at radius 1 is 1.03 bits per heavy atom. The van der Waals surface area contributed by atoms with E-state index < -0.39 is 10.0 Å². The van der Waals surface area contributed by atoms with Gasteiger partial charge in [0.2, 0.25) is 10.0 Å². The molecule has 2 aromatic carbocycles. The van der Waals surface area contributed by atoms with Crippen molar-refractivity contribution in [2.24, 2.45) is 5.92 Å². The third-order valence-corrected chi connectivity index (χ3v) is 8.74. The monoisotopic (exact) mass is 487 g/mol. The molecule has 6 nitrogen and oxygen atoms in total. The van der Waals surface area contributed by atoms with Crippen molar-refractivity contribution < 1.29 is 13.2 Å². The molecule has 1 fully saturated rings. The number of piperidine rings is 1. The van der Waals surface area contributed by atoms with Gasteiger partial charge in [-0.25, -0.2) is 8.42 Å². The lowest BCUT2D eigenvalue weighted by Gasteiger charge is -2.36. The fourth-order valence-corrected chi connectivity index (χ4v) is 6.63. The zero-order chi connectivity index (χ0) is 22.1. The van der Waals surface area contributed by atoms with Crippen molar-refractivity contribution >= 4 is 33.3 Å². The Kier molecular flexibility index (Phi) is 7.24. The molecule has 0 amide bonds. The predicted octanol–water partition coefficient (Wildman–Crippen LogP) is 4.12. The van der Waals surface area contributed by atoms with Crippen molar-refractivity contribution in [1.29, 1.82) is 0 Å². The third kappa shape index (κ3) is 4.87. The summed E-state index contributed by atoms with van der Waals surface area (Å²) in [6, 6.07) is 15.5. The molecule has 0 saturated carbocycles. The molecule has 2 aliphatic rings. The molecular weight excluding hydrogens is 458 g/mol. The maximum absolute atomic E-state index is 13.4. The van der Waals surface area contributed by atoms with Crippen molar-refractivity contribution in [3.8, 4) is 5.75 Å². The Labute approximate surface area is 202 Å². The lowest BCUT2D eigenvalue weighted by molar-refractivity contribution is 0.171. The molecule has 0 spiro atoms. The number of para-hydroxylation sites is 1. The molecule has 5 rings (SSSR count). The summed E-state index contributed by atoms with van der Waals surface area (Å²) >= 11 is 0. The summed E-state index contributed by atoms with van der Waals surface area (Å²) in [5.41, 5.74) is 3.31. The molecule has 33 heavy (non-hydrogen) atoms. The van der Waals surface area contributed by atoms with E-state index in [1.54, 1.807) is 29.7 Å². The van der Waals surface area contributed by atoms with Crippen molar-refractivity contribution in [2.75, 3.05) is 33.3 Å². The molecule has 3 heterocycles. The van der Waals surface area contributed by atoms with E-state index in [1.165, 1.54) is 11.1 Å². The maximum atomic E-state index is 13.4. The quantitative estimate of drug-likeness (QED) is 0.541. The zero-order valence-corrected chi connectivity index (χ0v) is 20.4. The van der Waals surface area contributed by atoms with Gasteiger partial charge in [-0.1, -0.05) is 24.3 Å². The second kappa shape index (κ2) is 9.97. The third-order valence-electron chi connectivity index (χ3n) is 6.81. The number of rotatable bonds is 5. The van der Waals surface area contributed by atoms with E-state index in [4.69, 9.17) is 4.74 Å². The normalized spacial score (nSPS) is 18.0. The fraction of sp³-hybridized carbons (Fsp3) is 0.400. The lowest BCUT2D eigenvalue weighted by Crippen LogP contribution is -2.42. The van der Waals surface area contributed by atoms with Crippen LogP contribution in [0.5, 0.6) is 5.75 Å². The summed E-state index contributed by atoms with van der Waals surface area (Å²) in [5.74, 6) is 1.44. The van der Waals surface area contributed by atoms with Crippen LogP contribution in [0, 0.1) is 5.92 Å². The Hall–Kier alpha value is -2.19. The topological polar surface area (TPSA) is 62.7 Å². The molecule has 2 aliphatic heterocycles. The molecule has 0 atom stereocenters. The van der Waals surface area contributed by atoms with Crippen LogP contribution >= 0.6 is 12.4 Å². The van der Waals surface area contributed by atoms with Gasteiger partial charge in [-0.2, -0.15) is 4.31 Å². The summed E-state index contributed by atoms with van der Waals surface area (Å²) in [6.07, 6.45) is 4.47. The first kappa shape index (κ1) is 24.0. The summed E-state index contributed by atoms with van der Waals surface area (Å²) in [7, 11) is -1.84. The van der Waals surface area contributed by atoms with Crippen LogP contribution in [0.25, 0.3) is 10.9 Å². The van der Waals surface area contributed by atoms with Crippen molar-refractivity contribution in [3.05, 3.63) is 65.9 Å². The van der Waals surface area contributed by atoms with Gasteiger partial charge < -0.3 is 4.74 Å². The van der Waals surface area contributed by atoms with Gasteiger partial charge >= 0.3 is 0 Å². The van der Waals surface area contributed by atoms with Crippen molar-refractivity contribution in [1.82, 2.24) is 14.2 Å². The largest absolute Gasteiger partial charge is 0.497 e. The average molecular weight is 488 g/mol. The van der Waals surface area contributed by atoms with Gasteiger partial charge in [-0.15, -0.1) is 12.4 Å². The van der Waals surface area contributed by atoms with Crippen LogP contribution in [0.4, 0.5) is 0 Å². The Balaban J connectivity index is 0.00000259. The highest BCUT2D eigenvalue weighted by Crippen LogP contribution is 2.29. The molecule has 0 unspecified atom stereocenters. The molecule has 3 aromatic rings. The molecule has 176 valence electrons. The Bertz CT molecular complexity index is 1220. The molecule has 0 aliphatic carbocycles. The summed E-state index contributed by atoms with van der Waals surface area (Å²) in [4.78, 5) is 7.17. The Morgan fingerprint density at radius 2 is 1.82 bits per heavy atom. The van der Waals surface area contributed by atoms with Gasteiger partial charge in [0.25, 0.3) is 0 Å². The first-order valence-corrected chi connectivity index (χ1v) is 12.7. The van der Waals surface area contributed by atoms with Crippen LogP contribution in [-0.4, -0.2) is 55.9 Å². The smallest absolute Gasteiger partial charge is 0.245 e. The average Bonchev–Trinajstić information content (AvgIpc) is 2.83. The van der Waals surface area contributed by atoms with Crippen LogP contribution in [0.1, 0.15) is 24.0 Å². The number of hydrogen-bond donors (Lipinski definition) is 0. The molecule has 0 radical (unpaired) electrons. The summed E-state index contributed by atoms with van der Waals surface area (Å²) in [5, 5.41) is 0.853. The number of ether oxygens (including phenoxy) is 1. The highest BCUT2D eigenvalue weighted by molar-refractivity contribution is 7.89. The summed E-state index contributed by atoms with van der Waals surface area (Å²) < 4.78 is 33.7. The van der Waals surface area contributed by atoms with E-state index in [1.807, 2.05) is 24.3 Å². The number of benzene rings is 2. The highest BCUT2D eigenvalue weighted by atomic mass is 35.5. The minimum absolute atomic E-state index is 0. The van der Waals surface area contributed by atoms with E-state index in [2.05, 4.69) is 22.0 Å². The predicted molar refractivity (Wildman–Crippen MR) is 132 cm³/mol. The van der Waals surface area contributed by atoms with Gasteiger partial charge in [-0.3, -0.25) is 9.88 Å². The standard InChI is InChI=1S/C25H29N3O3S.ClH/c1-31-23-8-7-22-18-27(13-11-21(22)16-23)17-19-9-14-28(15-10-19)32(29,30)24-6-2-4-20-5-3-12-26-25(20)24;/h2-8,12,16,19H,9-11,13-15,17-18H2,1H3;1H. The minimum atomic E-state index is -3.55. The number of aromatic nitrogens is 1. The second-order valence-corrected chi connectivity index (χ2v) is 10.7. The van der Waals surface area contributed by atoms with Gasteiger partial charge in [0.15, 0.2) is 0 Å². The van der Waals surface area contributed by atoms with Gasteiger partial charge in [-0.05, 0) is 60.6 Å². The molecule has 1 saturated heterocycles. The van der Waals surface area contributed by atoms with Crippen LogP contribution < -0.4 is 4.74 Å². The van der Waals surface area contributed by atoms with E-state index in [0.717, 1.165) is 50.0 Å². The van der Waals surface area contributed by atoms with Crippen molar-refractivity contribution in [2.45, 2.75) is 30.7 Å². The number of sulfonamides is 1. The molecule has 8 heteroatoms.